The Hall–Kier alpha value is -2.15. The van der Waals surface area contributed by atoms with Crippen LogP contribution in [-0.4, -0.2) is 34.4 Å². The zero-order chi connectivity index (χ0) is 15.3. The van der Waals surface area contributed by atoms with E-state index in [1.807, 2.05) is 0 Å². The second-order valence-electron chi connectivity index (χ2n) is 4.45. The first kappa shape index (κ1) is 15.9. The van der Waals surface area contributed by atoms with Gasteiger partial charge in [0.15, 0.2) is 6.04 Å². The van der Waals surface area contributed by atoms with Crippen LogP contribution in [0.5, 0.6) is 0 Å². The minimum atomic E-state index is -1.41. The maximum absolute atomic E-state index is 13.0. The number of carbonyl (C=O) groups excluding carboxylic acids is 1. The molecule has 1 aromatic rings. The molecule has 0 aromatic heterocycles. The zero-order valence-corrected chi connectivity index (χ0v) is 11.1. The number of hydrogen-bond donors (Lipinski definition) is 4. The van der Waals surface area contributed by atoms with Crippen molar-refractivity contribution in [3.63, 3.8) is 0 Å². The van der Waals surface area contributed by atoms with Crippen LogP contribution in [0.2, 0.25) is 0 Å². The number of aliphatic carboxylic acids is 1. The zero-order valence-electron chi connectivity index (χ0n) is 11.1. The van der Waals surface area contributed by atoms with Crippen LogP contribution in [0.4, 0.5) is 9.18 Å². The second kappa shape index (κ2) is 6.85. The molecule has 4 N–H and O–H groups in total. The first-order valence-corrected chi connectivity index (χ1v) is 6.04. The molecule has 20 heavy (non-hydrogen) atoms. The molecule has 3 atom stereocenters. The smallest absolute Gasteiger partial charge is 0.328 e. The number of carboxylic acids is 1. The van der Waals surface area contributed by atoms with Crippen LogP contribution < -0.4 is 10.6 Å². The first-order valence-electron chi connectivity index (χ1n) is 6.04. The number of nitrogens with one attached hydrogen (secondary N) is 2. The van der Waals surface area contributed by atoms with Gasteiger partial charge in [0.1, 0.15) is 5.82 Å². The van der Waals surface area contributed by atoms with Crippen molar-refractivity contribution >= 4 is 12.0 Å². The van der Waals surface area contributed by atoms with E-state index in [0.29, 0.717) is 5.56 Å². The second-order valence-corrected chi connectivity index (χ2v) is 4.45. The van der Waals surface area contributed by atoms with Gasteiger partial charge in [0.25, 0.3) is 0 Å². The van der Waals surface area contributed by atoms with Crippen LogP contribution in [0.25, 0.3) is 0 Å². The predicted molar refractivity (Wildman–Crippen MR) is 69.6 cm³/mol. The molecule has 6 nitrogen and oxygen atoms in total. The summed E-state index contributed by atoms with van der Waals surface area (Å²) in [5, 5.41) is 22.7. The molecule has 0 saturated carbocycles. The summed E-state index contributed by atoms with van der Waals surface area (Å²) in [6.07, 6.45) is -1.23. The summed E-state index contributed by atoms with van der Waals surface area (Å²) < 4.78 is 13.0. The van der Waals surface area contributed by atoms with Crippen molar-refractivity contribution in [2.24, 2.45) is 0 Å². The van der Waals surface area contributed by atoms with Crippen molar-refractivity contribution in [2.75, 3.05) is 0 Å². The van der Waals surface area contributed by atoms with Crippen molar-refractivity contribution in [1.29, 1.82) is 0 Å². The SMILES string of the molecule is CC(NC(=O)N[C@H](C(=O)O)[C@@H](C)O)c1cccc(F)c1. The van der Waals surface area contributed by atoms with Crippen LogP contribution in [0, 0.1) is 5.82 Å². The minimum absolute atomic E-state index is 0.427. The third-order valence-corrected chi connectivity index (χ3v) is 2.73. The lowest BCUT2D eigenvalue weighted by Gasteiger charge is -2.20. The fraction of sp³-hybridized carbons (Fsp3) is 0.385. The Morgan fingerprint density at radius 3 is 2.40 bits per heavy atom. The average Bonchev–Trinajstić information content (AvgIpc) is 2.35. The molecule has 1 unspecified atom stereocenters. The van der Waals surface area contributed by atoms with Gasteiger partial charge in [-0.1, -0.05) is 12.1 Å². The van der Waals surface area contributed by atoms with Crippen molar-refractivity contribution < 1.29 is 24.2 Å². The van der Waals surface area contributed by atoms with Crippen LogP contribution >= 0.6 is 0 Å². The summed E-state index contributed by atoms with van der Waals surface area (Å²) in [4.78, 5) is 22.5. The van der Waals surface area contributed by atoms with Crippen LogP contribution in [0.15, 0.2) is 24.3 Å². The lowest BCUT2D eigenvalue weighted by Crippen LogP contribution is -2.51. The summed E-state index contributed by atoms with van der Waals surface area (Å²) in [7, 11) is 0. The Bertz CT molecular complexity index is 493. The van der Waals surface area contributed by atoms with Gasteiger partial charge in [-0.3, -0.25) is 0 Å². The molecule has 0 bridgehead atoms. The molecule has 1 aromatic carbocycles. The van der Waals surface area contributed by atoms with Gasteiger partial charge in [-0.2, -0.15) is 0 Å². The van der Waals surface area contributed by atoms with Gasteiger partial charge in [0.05, 0.1) is 12.1 Å². The monoisotopic (exact) mass is 284 g/mol. The number of hydrogen-bond acceptors (Lipinski definition) is 3. The molecule has 0 aliphatic carbocycles. The molecule has 7 heteroatoms. The summed E-state index contributed by atoms with van der Waals surface area (Å²) >= 11 is 0. The number of amides is 2. The number of carbonyl (C=O) groups is 2. The molecule has 0 heterocycles. The Balaban J connectivity index is 2.64. The van der Waals surface area contributed by atoms with Crippen molar-refractivity contribution in [3.8, 4) is 0 Å². The van der Waals surface area contributed by atoms with Gasteiger partial charge in [-0.05, 0) is 31.5 Å². The van der Waals surface area contributed by atoms with Crippen LogP contribution in [-0.2, 0) is 4.79 Å². The van der Waals surface area contributed by atoms with Gasteiger partial charge in [0.2, 0.25) is 0 Å². The van der Waals surface area contributed by atoms with Gasteiger partial charge < -0.3 is 20.8 Å². The predicted octanol–water partition coefficient (Wildman–Crippen LogP) is 1.02. The molecule has 0 saturated heterocycles. The Kier molecular flexibility index (Phi) is 5.45. The number of urea groups is 1. The molecule has 0 spiro atoms. The van der Waals surface area contributed by atoms with E-state index in [1.54, 1.807) is 13.0 Å². The van der Waals surface area contributed by atoms with Gasteiger partial charge in [-0.25, -0.2) is 14.0 Å². The molecule has 0 aliphatic rings. The van der Waals surface area contributed by atoms with Gasteiger partial charge in [0, 0.05) is 0 Å². The van der Waals surface area contributed by atoms with E-state index in [9.17, 15) is 19.1 Å². The fourth-order valence-electron chi connectivity index (χ4n) is 1.63. The van der Waals surface area contributed by atoms with E-state index in [1.165, 1.54) is 25.1 Å². The molecule has 110 valence electrons. The van der Waals surface area contributed by atoms with Crippen molar-refractivity contribution in [2.45, 2.75) is 32.0 Å². The number of halogens is 1. The standard InChI is InChI=1S/C13H17FN2O4/c1-7(9-4-3-5-10(14)6-9)15-13(20)16-11(8(2)17)12(18)19/h3-8,11,17H,1-2H3,(H,18,19)(H2,15,16,20)/t7?,8-,11+/m1/s1. The number of aliphatic hydroxyl groups excluding tert-OH is 1. The number of carboxylic acid groups (broad SMARTS) is 1. The Morgan fingerprint density at radius 2 is 1.90 bits per heavy atom. The van der Waals surface area contributed by atoms with E-state index >= 15 is 0 Å². The van der Waals surface area contributed by atoms with E-state index in [-0.39, 0.29) is 0 Å². The van der Waals surface area contributed by atoms with E-state index in [0.717, 1.165) is 0 Å². The van der Waals surface area contributed by atoms with Crippen LogP contribution in [0.3, 0.4) is 0 Å². The van der Waals surface area contributed by atoms with Crippen molar-refractivity contribution in [1.82, 2.24) is 10.6 Å². The lowest BCUT2D eigenvalue weighted by molar-refractivity contribution is -0.141. The van der Waals surface area contributed by atoms with Gasteiger partial charge >= 0.3 is 12.0 Å². The summed E-state index contributed by atoms with van der Waals surface area (Å²) in [5.41, 5.74) is 0.545. The summed E-state index contributed by atoms with van der Waals surface area (Å²) in [5.74, 6) is -1.77. The highest BCUT2D eigenvalue weighted by atomic mass is 19.1. The average molecular weight is 284 g/mol. The number of aliphatic hydroxyl groups is 1. The molecule has 2 amide bonds. The van der Waals surface area contributed by atoms with E-state index < -0.39 is 36.0 Å². The molecule has 0 aliphatic heterocycles. The molecular weight excluding hydrogens is 267 g/mol. The molecule has 1 rings (SSSR count). The highest BCUT2D eigenvalue weighted by molar-refractivity contribution is 5.83. The Labute approximate surface area is 115 Å². The third-order valence-electron chi connectivity index (χ3n) is 2.73. The highest BCUT2D eigenvalue weighted by Crippen LogP contribution is 2.13. The van der Waals surface area contributed by atoms with Crippen molar-refractivity contribution in [3.05, 3.63) is 35.6 Å². The highest BCUT2D eigenvalue weighted by Gasteiger charge is 2.25. The van der Waals surface area contributed by atoms with Crippen LogP contribution in [0.1, 0.15) is 25.5 Å². The molecule has 0 radical (unpaired) electrons. The third kappa shape index (κ3) is 4.51. The largest absolute Gasteiger partial charge is 0.480 e. The minimum Gasteiger partial charge on any atom is -0.480 e. The van der Waals surface area contributed by atoms with E-state index in [4.69, 9.17) is 5.11 Å². The summed E-state index contributed by atoms with van der Waals surface area (Å²) in [6, 6.07) is 3.03. The van der Waals surface area contributed by atoms with E-state index in [2.05, 4.69) is 10.6 Å². The Morgan fingerprint density at radius 1 is 1.25 bits per heavy atom. The quantitative estimate of drug-likeness (QED) is 0.648. The summed E-state index contributed by atoms with van der Waals surface area (Å²) in [6.45, 7) is 2.89. The first-order chi connectivity index (χ1) is 9.31. The maximum Gasteiger partial charge on any atom is 0.328 e. The fourth-order valence-corrected chi connectivity index (χ4v) is 1.63. The van der Waals surface area contributed by atoms with Gasteiger partial charge in [-0.15, -0.1) is 0 Å². The topological polar surface area (TPSA) is 98.7 Å². The maximum atomic E-state index is 13.0. The normalized spacial score (nSPS) is 15.0. The molecule has 0 fully saturated rings. The number of benzene rings is 1. The molecular formula is C13H17FN2O4. The number of rotatable bonds is 5. The lowest BCUT2D eigenvalue weighted by atomic mass is 10.1.